The second-order valence-corrected chi connectivity index (χ2v) is 10.6. The molecule has 0 amide bonds. The molecule has 174 valence electrons. The van der Waals surface area contributed by atoms with Gasteiger partial charge in [-0.1, -0.05) is 30.3 Å². The molecule has 2 saturated heterocycles. The second-order valence-electron chi connectivity index (χ2n) is 9.32. The molecule has 0 bridgehead atoms. The lowest BCUT2D eigenvalue weighted by molar-refractivity contribution is -0.328. The van der Waals surface area contributed by atoms with Crippen LogP contribution >= 0.6 is 11.3 Å². The first kappa shape index (κ1) is 20.7. The number of hydrogen-bond donors (Lipinski definition) is 1. The Kier molecular flexibility index (Phi) is 4.65. The van der Waals surface area contributed by atoms with Crippen molar-refractivity contribution in [3.63, 3.8) is 0 Å². The number of nitrogens with zero attached hydrogens (tertiary/aromatic N) is 4. The normalized spacial score (nSPS) is 29.9. The van der Waals surface area contributed by atoms with Crippen molar-refractivity contribution < 1.29 is 19.3 Å². The molecule has 2 aliphatic heterocycles. The van der Waals surface area contributed by atoms with Crippen LogP contribution in [-0.4, -0.2) is 49.8 Å². The van der Waals surface area contributed by atoms with Crippen molar-refractivity contribution in [3.05, 3.63) is 71.3 Å². The minimum atomic E-state index is -0.749. The van der Waals surface area contributed by atoms with Crippen LogP contribution in [0.4, 0.5) is 0 Å². The van der Waals surface area contributed by atoms with Gasteiger partial charge in [-0.2, -0.15) is 5.10 Å². The average molecular weight is 477 g/mol. The highest BCUT2D eigenvalue weighted by atomic mass is 32.1. The molecule has 1 N–H and O–H groups in total. The van der Waals surface area contributed by atoms with Gasteiger partial charge in [0, 0.05) is 11.0 Å². The minimum absolute atomic E-state index is 0.231. The molecule has 8 nitrogen and oxygen atoms in total. The van der Waals surface area contributed by atoms with Crippen molar-refractivity contribution in [1.82, 2.24) is 19.7 Å². The van der Waals surface area contributed by atoms with E-state index in [1.807, 2.05) is 49.4 Å². The standard InChI is InChI=1S/C25H24N4O4S/c1-14-28-17-8-7-16(11-19(17)34-14)29-23(26-13-27-29)20-21(30)25(9-10-25)22-18(32-20)12-31-24(33-22)15-5-3-2-4-6-15/h2-8,11,13,18,20-22,24,30H,9-10,12H2,1H3/t18-,20-,21+,22+,24?/m1/s1. The number of aliphatic hydroxyl groups is 1. The van der Waals surface area contributed by atoms with Gasteiger partial charge in [-0.3, -0.25) is 0 Å². The third kappa shape index (κ3) is 3.15. The Balaban J connectivity index is 1.20. The van der Waals surface area contributed by atoms with Crippen LogP contribution in [0.15, 0.2) is 54.9 Å². The van der Waals surface area contributed by atoms with Gasteiger partial charge in [0.2, 0.25) is 0 Å². The van der Waals surface area contributed by atoms with Gasteiger partial charge >= 0.3 is 0 Å². The third-order valence-electron chi connectivity index (χ3n) is 7.23. The molecule has 3 fully saturated rings. The molecule has 34 heavy (non-hydrogen) atoms. The predicted octanol–water partition coefficient (Wildman–Crippen LogP) is 3.88. The summed E-state index contributed by atoms with van der Waals surface area (Å²) < 4.78 is 21.7. The van der Waals surface area contributed by atoms with Crippen LogP contribution in [0, 0.1) is 12.3 Å². The first-order valence-electron chi connectivity index (χ1n) is 11.6. The van der Waals surface area contributed by atoms with E-state index < -0.39 is 18.5 Å². The number of ether oxygens (including phenoxy) is 3. The van der Waals surface area contributed by atoms with Crippen LogP contribution in [0.25, 0.3) is 15.9 Å². The monoisotopic (exact) mass is 476 g/mol. The number of aromatic nitrogens is 4. The Labute approximate surface area is 200 Å². The first-order valence-corrected chi connectivity index (χ1v) is 12.4. The zero-order valence-corrected chi connectivity index (χ0v) is 19.4. The van der Waals surface area contributed by atoms with Crippen molar-refractivity contribution in [3.8, 4) is 5.69 Å². The zero-order valence-electron chi connectivity index (χ0n) is 18.6. The maximum Gasteiger partial charge on any atom is 0.184 e. The van der Waals surface area contributed by atoms with Crippen LogP contribution < -0.4 is 0 Å². The number of hydrogen-bond acceptors (Lipinski definition) is 8. The van der Waals surface area contributed by atoms with Crippen molar-refractivity contribution in [2.24, 2.45) is 5.41 Å². The molecule has 4 aromatic rings. The highest BCUT2D eigenvalue weighted by Gasteiger charge is 2.65. The van der Waals surface area contributed by atoms with Crippen LogP contribution in [0.1, 0.15) is 41.6 Å². The lowest BCUT2D eigenvalue weighted by atomic mass is 9.82. The Morgan fingerprint density at radius 3 is 2.79 bits per heavy atom. The molecule has 1 unspecified atom stereocenters. The number of fused-ring (bicyclic) bond motifs is 3. The van der Waals surface area contributed by atoms with E-state index in [0.29, 0.717) is 12.4 Å². The molecule has 9 heteroatoms. The first-order chi connectivity index (χ1) is 16.6. The highest BCUT2D eigenvalue weighted by Crippen LogP contribution is 2.61. The molecule has 1 aliphatic carbocycles. The largest absolute Gasteiger partial charge is 0.389 e. The number of aryl methyl sites for hydroxylation is 1. The molecule has 0 radical (unpaired) electrons. The van der Waals surface area contributed by atoms with Crippen LogP contribution in [0.3, 0.4) is 0 Å². The molecule has 3 aliphatic rings. The van der Waals surface area contributed by atoms with Gasteiger partial charge in [0.05, 0.1) is 39.7 Å². The van der Waals surface area contributed by atoms with Crippen molar-refractivity contribution in [2.75, 3.05) is 6.61 Å². The predicted molar refractivity (Wildman–Crippen MR) is 125 cm³/mol. The minimum Gasteiger partial charge on any atom is -0.389 e. The fraction of sp³-hybridized carbons (Fsp3) is 0.400. The molecule has 2 aromatic heterocycles. The average Bonchev–Trinajstić information content (AvgIpc) is 3.34. The van der Waals surface area contributed by atoms with E-state index in [1.165, 1.54) is 6.33 Å². The lowest BCUT2D eigenvalue weighted by Gasteiger charge is -2.48. The Bertz CT molecular complexity index is 1350. The SMILES string of the molecule is Cc1nc2ccc(-n3ncnc3[C@@H]3O[C@@H]4COC(c5ccccc5)O[C@@H]4C4(CC4)[C@H]3O)cc2s1. The maximum atomic E-state index is 11.5. The summed E-state index contributed by atoms with van der Waals surface area (Å²) in [6.07, 6.45) is 0.946. The highest BCUT2D eigenvalue weighted by molar-refractivity contribution is 7.18. The van der Waals surface area contributed by atoms with E-state index in [4.69, 9.17) is 14.2 Å². The topological polar surface area (TPSA) is 91.5 Å². The zero-order chi connectivity index (χ0) is 22.9. The van der Waals surface area contributed by atoms with Gasteiger partial charge in [-0.15, -0.1) is 11.3 Å². The van der Waals surface area contributed by atoms with E-state index in [9.17, 15) is 5.11 Å². The Hall–Kier alpha value is -2.69. The summed E-state index contributed by atoms with van der Waals surface area (Å²) in [6.45, 7) is 2.40. The maximum absolute atomic E-state index is 11.5. The summed E-state index contributed by atoms with van der Waals surface area (Å²) in [7, 11) is 0. The van der Waals surface area contributed by atoms with E-state index >= 15 is 0 Å². The van der Waals surface area contributed by atoms with Crippen LogP contribution in [-0.2, 0) is 14.2 Å². The lowest BCUT2D eigenvalue weighted by Crippen LogP contribution is -2.57. The fourth-order valence-corrected chi connectivity index (χ4v) is 6.25. The smallest absolute Gasteiger partial charge is 0.184 e. The van der Waals surface area contributed by atoms with Crippen molar-refractivity contribution in [2.45, 2.75) is 50.5 Å². The fourth-order valence-electron chi connectivity index (χ4n) is 5.39. The van der Waals surface area contributed by atoms with Crippen molar-refractivity contribution >= 4 is 21.6 Å². The summed E-state index contributed by atoms with van der Waals surface area (Å²) in [4.78, 5) is 9.06. The van der Waals surface area contributed by atoms with Gasteiger partial charge in [0.15, 0.2) is 12.1 Å². The van der Waals surface area contributed by atoms with Crippen LogP contribution in [0.5, 0.6) is 0 Å². The molecule has 1 saturated carbocycles. The summed E-state index contributed by atoms with van der Waals surface area (Å²) in [5, 5.41) is 17.0. The molecule has 7 rings (SSSR count). The number of rotatable bonds is 3. The van der Waals surface area contributed by atoms with Crippen molar-refractivity contribution in [1.29, 1.82) is 0 Å². The van der Waals surface area contributed by atoms with E-state index in [1.54, 1.807) is 16.0 Å². The van der Waals surface area contributed by atoms with E-state index in [0.717, 1.165) is 39.3 Å². The molecule has 4 heterocycles. The van der Waals surface area contributed by atoms with Gasteiger partial charge in [0.25, 0.3) is 0 Å². The third-order valence-corrected chi connectivity index (χ3v) is 8.17. The quantitative estimate of drug-likeness (QED) is 0.480. The summed E-state index contributed by atoms with van der Waals surface area (Å²) >= 11 is 1.64. The van der Waals surface area contributed by atoms with Crippen LogP contribution in [0.2, 0.25) is 0 Å². The second kappa shape index (κ2) is 7.66. The van der Waals surface area contributed by atoms with E-state index in [-0.39, 0.29) is 17.6 Å². The Morgan fingerprint density at radius 1 is 1.12 bits per heavy atom. The summed E-state index contributed by atoms with van der Waals surface area (Å²) in [6, 6.07) is 15.9. The van der Waals surface area contributed by atoms with Gasteiger partial charge in [0.1, 0.15) is 18.5 Å². The molecule has 1 spiro atoms. The number of aliphatic hydroxyl groups excluding tert-OH is 1. The summed E-state index contributed by atoms with van der Waals surface area (Å²) in [5.41, 5.74) is 2.44. The summed E-state index contributed by atoms with van der Waals surface area (Å²) in [5.74, 6) is 0.586. The van der Waals surface area contributed by atoms with Gasteiger partial charge in [-0.25, -0.2) is 14.6 Å². The molecular formula is C25H24N4O4S. The number of thiazole rings is 1. The molecule has 5 atom stereocenters. The van der Waals surface area contributed by atoms with Gasteiger partial charge in [-0.05, 0) is 38.0 Å². The number of benzene rings is 2. The van der Waals surface area contributed by atoms with E-state index in [2.05, 4.69) is 21.1 Å². The molecular weight excluding hydrogens is 452 g/mol. The molecule has 2 aromatic carbocycles. The van der Waals surface area contributed by atoms with Gasteiger partial charge < -0.3 is 19.3 Å². The Morgan fingerprint density at radius 2 is 1.97 bits per heavy atom.